The largest absolute Gasteiger partial charge is 0.320 e. The number of ketones is 1. The smallest absolute Gasteiger partial charge is 0.273 e. The van der Waals surface area contributed by atoms with Crippen molar-refractivity contribution >= 4 is 17.4 Å². The average Bonchev–Trinajstić information content (AvgIpc) is 3.35. The van der Waals surface area contributed by atoms with E-state index in [9.17, 15) is 9.59 Å². The molecule has 1 heterocycles. The van der Waals surface area contributed by atoms with E-state index in [0.29, 0.717) is 29.1 Å². The highest BCUT2D eigenvalue weighted by Gasteiger charge is 2.30. The molecule has 0 spiro atoms. The van der Waals surface area contributed by atoms with Crippen LogP contribution in [0.25, 0.3) is 11.1 Å². The number of anilines is 1. The van der Waals surface area contributed by atoms with Crippen LogP contribution in [0.2, 0.25) is 0 Å². The van der Waals surface area contributed by atoms with Crippen molar-refractivity contribution < 1.29 is 9.59 Å². The summed E-state index contributed by atoms with van der Waals surface area (Å²) in [5.74, 6) is -0.351. The van der Waals surface area contributed by atoms with Crippen molar-refractivity contribution in [3.8, 4) is 11.1 Å². The van der Waals surface area contributed by atoms with E-state index >= 15 is 0 Å². The molecule has 1 N–H and O–H groups in total. The summed E-state index contributed by atoms with van der Waals surface area (Å²) in [6.45, 7) is 6.70. The van der Waals surface area contributed by atoms with Crippen LogP contribution in [0.5, 0.6) is 0 Å². The molecule has 0 unspecified atom stereocenters. The fourth-order valence-electron chi connectivity index (χ4n) is 4.21. The van der Waals surface area contributed by atoms with Gasteiger partial charge in [-0.15, -0.1) is 0 Å². The SMILES string of the molecule is CC(C)(C)c1cc(C(=O)Nc2cccc3c2C(=O)c2ccccc2-3)n(Cc2ccccc2)n1. The lowest BCUT2D eigenvalue weighted by atomic mass is 9.92. The van der Waals surface area contributed by atoms with Gasteiger partial charge in [0, 0.05) is 11.0 Å². The van der Waals surface area contributed by atoms with Gasteiger partial charge in [0.05, 0.1) is 23.5 Å². The molecule has 1 amide bonds. The molecule has 0 aliphatic heterocycles. The molecule has 0 bridgehead atoms. The Balaban J connectivity index is 1.52. The van der Waals surface area contributed by atoms with Crippen molar-refractivity contribution in [3.63, 3.8) is 0 Å². The summed E-state index contributed by atoms with van der Waals surface area (Å²) < 4.78 is 1.74. The summed E-state index contributed by atoms with van der Waals surface area (Å²) in [7, 11) is 0. The molecule has 0 saturated carbocycles. The van der Waals surface area contributed by atoms with Gasteiger partial charge in [-0.05, 0) is 28.8 Å². The van der Waals surface area contributed by atoms with Gasteiger partial charge in [-0.2, -0.15) is 5.10 Å². The number of rotatable bonds is 4. The maximum Gasteiger partial charge on any atom is 0.273 e. The van der Waals surface area contributed by atoms with Crippen LogP contribution in [0.4, 0.5) is 5.69 Å². The molecule has 164 valence electrons. The number of hydrogen-bond donors (Lipinski definition) is 1. The lowest BCUT2D eigenvalue weighted by Gasteiger charge is -2.14. The normalized spacial score (nSPS) is 12.4. The Morgan fingerprint density at radius 2 is 1.55 bits per heavy atom. The van der Waals surface area contributed by atoms with Gasteiger partial charge in [-0.25, -0.2) is 0 Å². The second kappa shape index (κ2) is 7.85. The van der Waals surface area contributed by atoms with Gasteiger partial charge in [0.25, 0.3) is 5.91 Å². The van der Waals surface area contributed by atoms with Crippen LogP contribution in [-0.2, 0) is 12.0 Å². The van der Waals surface area contributed by atoms with Crippen LogP contribution in [-0.4, -0.2) is 21.5 Å². The third-order valence-corrected chi connectivity index (χ3v) is 5.96. The number of aromatic nitrogens is 2. The molecule has 0 saturated heterocycles. The van der Waals surface area contributed by atoms with Gasteiger partial charge >= 0.3 is 0 Å². The van der Waals surface area contributed by atoms with Crippen molar-refractivity contribution in [3.05, 3.63) is 107 Å². The topological polar surface area (TPSA) is 64.0 Å². The second-order valence-electron chi connectivity index (χ2n) is 9.37. The molecule has 1 aliphatic rings. The molecule has 5 nitrogen and oxygen atoms in total. The van der Waals surface area contributed by atoms with Crippen molar-refractivity contribution in [2.45, 2.75) is 32.7 Å². The number of benzene rings is 3. The molecule has 1 aliphatic carbocycles. The third-order valence-electron chi connectivity index (χ3n) is 5.96. The van der Waals surface area contributed by atoms with Gasteiger partial charge in [-0.1, -0.05) is 87.5 Å². The van der Waals surface area contributed by atoms with E-state index in [0.717, 1.165) is 22.4 Å². The van der Waals surface area contributed by atoms with Gasteiger partial charge in [-0.3, -0.25) is 14.3 Å². The minimum Gasteiger partial charge on any atom is -0.320 e. The van der Waals surface area contributed by atoms with Crippen LogP contribution >= 0.6 is 0 Å². The summed E-state index contributed by atoms with van der Waals surface area (Å²) in [6, 6.07) is 24.9. The first-order chi connectivity index (χ1) is 15.8. The summed E-state index contributed by atoms with van der Waals surface area (Å²) >= 11 is 0. The fraction of sp³-hybridized carbons (Fsp3) is 0.179. The number of fused-ring (bicyclic) bond motifs is 3. The molecule has 0 atom stereocenters. The van der Waals surface area contributed by atoms with Crippen molar-refractivity contribution in [2.75, 3.05) is 5.32 Å². The van der Waals surface area contributed by atoms with Crippen LogP contribution in [0, 0.1) is 0 Å². The Labute approximate surface area is 193 Å². The van der Waals surface area contributed by atoms with Gasteiger partial charge in [0.2, 0.25) is 0 Å². The molecule has 3 aromatic carbocycles. The first kappa shape index (κ1) is 20.9. The number of nitrogens with zero attached hydrogens (tertiary/aromatic N) is 2. The molecule has 5 rings (SSSR count). The van der Waals surface area contributed by atoms with Crippen molar-refractivity contribution in [1.82, 2.24) is 9.78 Å². The first-order valence-electron chi connectivity index (χ1n) is 11.0. The number of carbonyl (C=O) groups excluding carboxylic acids is 2. The average molecular weight is 436 g/mol. The van der Waals surface area contributed by atoms with Crippen molar-refractivity contribution in [1.29, 1.82) is 0 Å². The quantitative estimate of drug-likeness (QED) is 0.394. The van der Waals surface area contributed by atoms with E-state index in [4.69, 9.17) is 5.10 Å². The van der Waals surface area contributed by atoms with Crippen LogP contribution < -0.4 is 5.32 Å². The molecule has 4 aromatic rings. The zero-order valence-electron chi connectivity index (χ0n) is 18.9. The Morgan fingerprint density at radius 3 is 2.27 bits per heavy atom. The molecule has 5 heteroatoms. The Kier molecular flexibility index (Phi) is 4.97. The molecule has 0 fully saturated rings. The predicted molar refractivity (Wildman–Crippen MR) is 130 cm³/mol. The summed E-state index contributed by atoms with van der Waals surface area (Å²) in [4.78, 5) is 26.6. The Bertz CT molecular complexity index is 1380. The molecular formula is C28H25N3O2. The molecule has 1 aromatic heterocycles. The van der Waals surface area contributed by atoms with E-state index in [-0.39, 0.29) is 17.1 Å². The number of amides is 1. The maximum atomic E-state index is 13.5. The van der Waals surface area contributed by atoms with Crippen molar-refractivity contribution in [2.24, 2.45) is 0 Å². The highest BCUT2D eigenvalue weighted by Crippen LogP contribution is 2.40. The standard InChI is InChI=1S/C28H25N3O2/c1-28(2,3)24-16-23(31(30-24)17-18-10-5-4-6-11-18)27(33)29-22-15-9-14-20-19-12-7-8-13-21(19)26(32)25(20)22/h4-16H,17H2,1-3H3,(H,29,33). The summed E-state index contributed by atoms with van der Waals surface area (Å²) in [5.41, 5.74) is 5.62. The Morgan fingerprint density at radius 1 is 0.879 bits per heavy atom. The van der Waals surface area contributed by atoms with Gasteiger partial charge in [0.15, 0.2) is 5.78 Å². The number of carbonyl (C=O) groups is 2. The van der Waals surface area contributed by atoms with E-state index in [1.54, 1.807) is 10.7 Å². The predicted octanol–water partition coefficient (Wildman–Crippen LogP) is 5.69. The van der Waals surface area contributed by atoms with Crippen LogP contribution in [0.1, 0.15) is 58.4 Å². The zero-order chi connectivity index (χ0) is 23.2. The fourth-order valence-corrected chi connectivity index (χ4v) is 4.21. The van der Waals surface area contributed by atoms with Crippen LogP contribution in [0.15, 0.2) is 78.9 Å². The zero-order valence-corrected chi connectivity index (χ0v) is 18.9. The monoisotopic (exact) mass is 435 g/mol. The van der Waals surface area contributed by atoms with Gasteiger partial charge < -0.3 is 5.32 Å². The van der Waals surface area contributed by atoms with E-state index < -0.39 is 0 Å². The van der Waals surface area contributed by atoms with E-state index in [1.165, 1.54) is 0 Å². The molecule has 33 heavy (non-hydrogen) atoms. The maximum absolute atomic E-state index is 13.5. The van der Waals surface area contributed by atoms with E-state index in [2.05, 4.69) is 26.1 Å². The Hall–Kier alpha value is -3.99. The third kappa shape index (κ3) is 3.76. The second-order valence-corrected chi connectivity index (χ2v) is 9.37. The number of nitrogens with one attached hydrogen (secondary N) is 1. The lowest BCUT2D eigenvalue weighted by Crippen LogP contribution is -2.19. The summed E-state index contributed by atoms with van der Waals surface area (Å²) in [5, 5.41) is 7.74. The highest BCUT2D eigenvalue weighted by molar-refractivity contribution is 6.25. The molecular weight excluding hydrogens is 410 g/mol. The van der Waals surface area contributed by atoms with E-state index in [1.807, 2.05) is 72.8 Å². The highest BCUT2D eigenvalue weighted by atomic mass is 16.2. The molecule has 0 radical (unpaired) electrons. The van der Waals surface area contributed by atoms with Crippen LogP contribution in [0.3, 0.4) is 0 Å². The lowest BCUT2D eigenvalue weighted by molar-refractivity contribution is 0.101. The van der Waals surface area contributed by atoms with Gasteiger partial charge in [0.1, 0.15) is 5.69 Å². The summed E-state index contributed by atoms with van der Waals surface area (Å²) in [6.07, 6.45) is 0. The minimum atomic E-state index is -0.286. The minimum absolute atomic E-state index is 0.0651. The number of hydrogen-bond acceptors (Lipinski definition) is 3. The first-order valence-corrected chi connectivity index (χ1v) is 11.0.